The van der Waals surface area contributed by atoms with Crippen LogP contribution < -0.4 is 10.6 Å². The molecule has 2 N–H and O–H groups in total. The van der Waals surface area contributed by atoms with Crippen molar-refractivity contribution in [2.24, 2.45) is 0 Å². The molecule has 0 radical (unpaired) electrons. The summed E-state index contributed by atoms with van der Waals surface area (Å²) < 4.78 is 0. The smallest absolute Gasteiger partial charge is 0.251 e. The predicted octanol–water partition coefficient (Wildman–Crippen LogP) is 2.91. The summed E-state index contributed by atoms with van der Waals surface area (Å²) >= 11 is 1.55. The summed E-state index contributed by atoms with van der Waals surface area (Å²) in [5.74, 6) is 0.656. The molecule has 1 amide bonds. The van der Waals surface area contributed by atoms with Crippen LogP contribution in [-0.2, 0) is 6.54 Å². The third kappa shape index (κ3) is 4.26. The van der Waals surface area contributed by atoms with Crippen molar-refractivity contribution in [3.63, 3.8) is 0 Å². The van der Waals surface area contributed by atoms with Crippen LogP contribution in [0.3, 0.4) is 0 Å². The van der Waals surface area contributed by atoms with Crippen molar-refractivity contribution in [1.82, 2.24) is 15.3 Å². The van der Waals surface area contributed by atoms with Gasteiger partial charge < -0.3 is 10.6 Å². The number of thiazole rings is 1. The van der Waals surface area contributed by atoms with Crippen molar-refractivity contribution in [3.05, 3.63) is 39.5 Å². The second-order valence-electron chi connectivity index (χ2n) is 4.85. The number of aryl methyl sites for hydroxylation is 2. The van der Waals surface area contributed by atoms with E-state index in [1.165, 1.54) is 0 Å². The number of hydrogen-bond donors (Lipinski definition) is 2. The normalized spacial score (nSPS) is 10.4. The fourth-order valence-corrected chi connectivity index (χ4v) is 2.62. The molecule has 0 atom stereocenters. The van der Waals surface area contributed by atoms with Gasteiger partial charge in [0.2, 0.25) is 0 Å². The van der Waals surface area contributed by atoms with Gasteiger partial charge in [-0.1, -0.05) is 6.92 Å². The topological polar surface area (TPSA) is 66.9 Å². The third-order valence-electron chi connectivity index (χ3n) is 3.03. The Morgan fingerprint density at radius 3 is 2.81 bits per heavy atom. The molecule has 2 aromatic heterocycles. The fourth-order valence-electron chi connectivity index (χ4n) is 1.90. The minimum atomic E-state index is -0.0900. The van der Waals surface area contributed by atoms with E-state index in [0.717, 1.165) is 35.0 Å². The summed E-state index contributed by atoms with van der Waals surface area (Å²) in [6.07, 6.45) is 1.02. The number of aromatic nitrogens is 2. The summed E-state index contributed by atoms with van der Waals surface area (Å²) in [7, 11) is 0. The minimum absolute atomic E-state index is 0.0900. The van der Waals surface area contributed by atoms with Gasteiger partial charge >= 0.3 is 0 Å². The first-order chi connectivity index (χ1) is 10.1. The van der Waals surface area contributed by atoms with E-state index in [0.29, 0.717) is 12.1 Å². The average Bonchev–Trinajstić information content (AvgIpc) is 2.87. The van der Waals surface area contributed by atoms with Gasteiger partial charge in [-0.3, -0.25) is 4.79 Å². The Morgan fingerprint density at radius 1 is 1.33 bits per heavy atom. The number of nitrogens with one attached hydrogen (secondary N) is 2. The molecule has 0 aliphatic carbocycles. The Morgan fingerprint density at radius 2 is 2.14 bits per heavy atom. The highest BCUT2D eigenvalue weighted by molar-refractivity contribution is 7.09. The zero-order valence-corrected chi connectivity index (χ0v) is 13.4. The van der Waals surface area contributed by atoms with Gasteiger partial charge in [0.25, 0.3) is 5.91 Å². The van der Waals surface area contributed by atoms with Crippen LogP contribution in [0.2, 0.25) is 0 Å². The maximum absolute atomic E-state index is 12.2. The van der Waals surface area contributed by atoms with Crippen LogP contribution >= 0.6 is 11.3 Å². The van der Waals surface area contributed by atoms with Crippen LogP contribution in [0, 0.1) is 13.8 Å². The molecule has 2 aromatic rings. The number of rotatable bonds is 6. The molecular weight excluding hydrogens is 284 g/mol. The van der Waals surface area contributed by atoms with E-state index in [1.54, 1.807) is 29.0 Å². The van der Waals surface area contributed by atoms with Gasteiger partial charge in [0.15, 0.2) is 0 Å². The lowest BCUT2D eigenvalue weighted by atomic mass is 10.2. The average molecular weight is 304 g/mol. The molecule has 2 heterocycles. The maximum atomic E-state index is 12.2. The highest BCUT2D eigenvalue weighted by Crippen LogP contribution is 2.13. The zero-order chi connectivity index (χ0) is 15.2. The number of hydrogen-bond acceptors (Lipinski definition) is 5. The largest absolute Gasteiger partial charge is 0.370 e. The maximum Gasteiger partial charge on any atom is 0.251 e. The van der Waals surface area contributed by atoms with Gasteiger partial charge in [0.05, 0.1) is 17.7 Å². The summed E-state index contributed by atoms with van der Waals surface area (Å²) in [5, 5.41) is 6.14. The van der Waals surface area contributed by atoms with Crippen LogP contribution in [-0.4, -0.2) is 22.4 Å². The first kappa shape index (κ1) is 15.4. The molecule has 0 saturated heterocycles. The Kier molecular flexibility index (Phi) is 5.27. The van der Waals surface area contributed by atoms with Crippen molar-refractivity contribution in [2.45, 2.75) is 33.7 Å². The molecule has 0 spiro atoms. The van der Waals surface area contributed by atoms with Crippen LogP contribution in [0.25, 0.3) is 0 Å². The monoisotopic (exact) mass is 304 g/mol. The molecular formula is C15H20N4OS. The second-order valence-corrected chi connectivity index (χ2v) is 5.79. The molecule has 0 aromatic carbocycles. The number of amides is 1. The van der Waals surface area contributed by atoms with Gasteiger partial charge in [-0.2, -0.15) is 0 Å². The quantitative estimate of drug-likeness (QED) is 0.861. The van der Waals surface area contributed by atoms with Crippen molar-refractivity contribution >= 4 is 23.1 Å². The van der Waals surface area contributed by atoms with Gasteiger partial charge in [0.1, 0.15) is 5.82 Å². The summed E-state index contributed by atoms with van der Waals surface area (Å²) in [6, 6.07) is 3.59. The number of nitrogens with zero attached hydrogens (tertiary/aromatic N) is 2. The van der Waals surface area contributed by atoms with Crippen molar-refractivity contribution in [3.8, 4) is 0 Å². The first-order valence-electron chi connectivity index (χ1n) is 7.00. The highest BCUT2D eigenvalue weighted by Gasteiger charge is 2.10. The number of anilines is 1. The van der Waals surface area contributed by atoms with E-state index >= 15 is 0 Å². The Hall–Kier alpha value is -1.95. The molecule has 0 aliphatic heterocycles. The Labute approximate surface area is 128 Å². The fraction of sp³-hybridized carbons (Fsp3) is 0.400. The SMILES string of the molecule is CCCNc1cc(C(=O)NCc2scnc2C)cc(C)n1. The molecule has 0 fully saturated rings. The number of carbonyl (C=O) groups is 1. The molecule has 6 heteroatoms. The Balaban J connectivity index is 2.04. The standard InChI is InChI=1S/C15H20N4OS/c1-4-5-16-14-7-12(6-10(2)19-14)15(20)17-8-13-11(3)18-9-21-13/h6-7,9H,4-5,8H2,1-3H3,(H,16,19)(H,17,20). The van der Waals surface area contributed by atoms with E-state index in [-0.39, 0.29) is 5.91 Å². The summed E-state index contributed by atoms with van der Waals surface area (Å²) in [6.45, 7) is 7.28. The molecule has 2 rings (SSSR count). The molecule has 0 aliphatic rings. The summed E-state index contributed by atoms with van der Waals surface area (Å²) in [5.41, 5.74) is 4.22. The Bertz CT molecular complexity index is 624. The van der Waals surface area contributed by atoms with E-state index in [2.05, 4.69) is 27.5 Å². The molecule has 5 nitrogen and oxygen atoms in total. The van der Waals surface area contributed by atoms with Crippen molar-refractivity contribution in [1.29, 1.82) is 0 Å². The van der Waals surface area contributed by atoms with Gasteiger partial charge in [-0.25, -0.2) is 9.97 Å². The van der Waals surface area contributed by atoms with Crippen LogP contribution in [0.4, 0.5) is 5.82 Å². The molecule has 0 saturated carbocycles. The predicted molar refractivity (Wildman–Crippen MR) is 85.8 cm³/mol. The summed E-state index contributed by atoms with van der Waals surface area (Å²) in [4.78, 5) is 21.9. The molecule has 112 valence electrons. The van der Waals surface area contributed by atoms with E-state index in [1.807, 2.05) is 13.8 Å². The number of carbonyl (C=O) groups excluding carboxylic acids is 1. The lowest BCUT2D eigenvalue weighted by molar-refractivity contribution is 0.0951. The van der Waals surface area contributed by atoms with Crippen LogP contribution in [0.5, 0.6) is 0 Å². The second kappa shape index (κ2) is 7.17. The van der Waals surface area contributed by atoms with E-state index in [9.17, 15) is 4.79 Å². The molecule has 21 heavy (non-hydrogen) atoms. The minimum Gasteiger partial charge on any atom is -0.370 e. The first-order valence-corrected chi connectivity index (χ1v) is 7.88. The molecule has 0 bridgehead atoms. The van der Waals surface area contributed by atoms with Crippen molar-refractivity contribution in [2.75, 3.05) is 11.9 Å². The van der Waals surface area contributed by atoms with Crippen LogP contribution in [0.15, 0.2) is 17.6 Å². The third-order valence-corrected chi connectivity index (χ3v) is 3.96. The van der Waals surface area contributed by atoms with Gasteiger partial charge in [-0.05, 0) is 32.4 Å². The van der Waals surface area contributed by atoms with Crippen LogP contribution in [0.1, 0.15) is 40.0 Å². The molecule has 0 unspecified atom stereocenters. The van der Waals surface area contributed by atoms with Gasteiger partial charge in [-0.15, -0.1) is 11.3 Å². The lowest BCUT2D eigenvalue weighted by Crippen LogP contribution is -2.23. The van der Waals surface area contributed by atoms with Gasteiger partial charge in [0, 0.05) is 22.7 Å². The van der Waals surface area contributed by atoms with E-state index in [4.69, 9.17) is 0 Å². The number of pyridine rings is 1. The highest BCUT2D eigenvalue weighted by atomic mass is 32.1. The van der Waals surface area contributed by atoms with E-state index < -0.39 is 0 Å². The lowest BCUT2D eigenvalue weighted by Gasteiger charge is -2.09. The van der Waals surface area contributed by atoms with Crippen molar-refractivity contribution < 1.29 is 4.79 Å². The zero-order valence-electron chi connectivity index (χ0n) is 12.6.